The van der Waals surface area contributed by atoms with Crippen LogP contribution in [0.4, 0.5) is 0 Å². The Morgan fingerprint density at radius 2 is 1.62 bits per heavy atom. The minimum Gasteiger partial charge on any atom is -0.505 e. The number of ketones is 1. The molecule has 0 aliphatic heterocycles. The summed E-state index contributed by atoms with van der Waals surface area (Å²) in [7, 11) is 0. The maximum atomic E-state index is 12.6. The topological polar surface area (TPSA) is 68.0 Å². The Morgan fingerprint density at radius 1 is 1.03 bits per heavy atom. The fraction of sp³-hybridized carbons (Fsp3) is 0.458. The van der Waals surface area contributed by atoms with Gasteiger partial charge in [-0.15, -0.1) is 15.0 Å². The summed E-state index contributed by atoms with van der Waals surface area (Å²) < 4.78 is 0. The highest BCUT2D eigenvalue weighted by molar-refractivity contribution is 5.84. The number of nitrogens with zero attached hydrogens (tertiary/aromatic N) is 3. The molecule has 5 heteroatoms. The summed E-state index contributed by atoms with van der Waals surface area (Å²) in [6.07, 6.45) is 1.92. The van der Waals surface area contributed by atoms with Crippen molar-refractivity contribution >= 4 is 16.8 Å². The van der Waals surface area contributed by atoms with E-state index in [1.54, 1.807) is 0 Å². The largest absolute Gasteiger partial charge is 0.505 e. The lowest BCUT2D eigenvalue weighted by molar-refractivity contribution is -0.127. The number of Topliss-reactive ketones (excluding diaryl/α,β-unsaturated/α-hetero) is 1. The van der Waals surface area contributed by atoms with E-state index >= 15 is 0 Å². The molecule has 0 saturated heterocycles. The van der Waals surface area contributed by atoms with E-state index in [4.69, 9.17) is 0 Å². The molecule has 1 heterocycles. The third-order valence-corrected chi connectivity index (χ3v) is 5.74. The van der Waals surface area contributed by atoms with Crippen LogP contribution in [0.5, 0.6) is 5.75 Å². The van der Waals surface area contributed by atoms with Gasteiger partial charge >= 0.3 is 0 Å². The average Bonchev–Trinajstić information content (AvgIpc) is 3.09. The highest BCUT2D eigenvalue weighted by Gasteiger charge is 2.26. The van der Waals surface area contributed by atoms with Crippen LogP contribution in [0.1, 0.15) is 65.5 Å². The molecule has 1 aromatic heterocycles. The fourth-order valence-electron chi connectivity index (χ4n) is 3.31. The monoisotopic (exact) mass is 393 g/mol. The number of carbonyl (C=O) groups excluding carboxylic acids is 1. The predicted molar refractivity (Wildman–Crippen MR) is 117 cm³/mol. The second kappa shape index (κ2) is 7.62. The minimum absolute atomic E-state index is 0.182. The van der Waals surface area contributed by atoms with Gasteiger partial charge in [0.1, 0.15) is 28.3 Å². The molecular weight excluding hydrogens is 362 g/mol. The molecule has 0 spiro atoms. The molecule has 0 amide bonds. The number of fused-ring (bicyclic) bond motifs is 1. The molecule has 154 valence electrons. The molecule has 0 radical (unpaired) electrons. The number of hydrogen-bond donors (Lipinski definition) is 1. The Hall–Kier alpha value is -2.69. The summed E-state index contributed by atoms with van der Waals surface area (Å²) in [4.78, 5) is 14.1. The molecular formula is C24H31N3O2. The highest BCUT2D eigenvalue weighted by Crippen LogP contribution is 2.37. The van der Waals surface area contributed by atoms with Crippen LogP contribution in [-0.2, 0) is 16.6 Å². The van der Waals surface area contributed by atoms with Crippen LogP contribution < -0.4 is 0 Å². The zero-order valence-corrected chi connectivity index (χ0v) is 18.3. The second-order valence-electron chi connectivity index (χ2n) is 9.40. The Bertz CT molecular complexity index is 1010. The first kappa shape index (κ1) is 21.0. The standard InChI is InChI=1S/C24H31N3O2/c1-7-24(5,6)21(28)13-12-16-14-17(23(2,3)4)22(29)20(15-16)27-25-18-10-8-9-11-19(18)26-27/h8-11,14-15,29H,7,12-13H2,1-6H3. The Morgan fingerprint density at radius 3 is 2.14 bits per heavy atom. The van der Waals surface area contributed by atoms with E-state index in [0.717, 1.165) is 28.6 Å². The minimum atomic E-state index is -0.312. The molecule has 0 atom stereocenters. The number of aryl methyl sites for hydroxylation is 1. The van der Waals surface area contributed by atoms with E-state index in [9.17, 15) is 9.90 Å². The molecule has 3 aromatic rings. The van der Waals surface area contributed by atoms with E-state index in [2.05, 4.69) is 31.0 Å². The van der Waals surface area contributed by atoms with E-state index in [1.165, 1.54) is 4.80 Å². The molecule has 3 rings (SSSR count). The summed E-state index contributed by atoms with van der Waals surface area (Å²) in [5.41, 5.74) is 3.36. The van der Waals surface area contributed by atoms with Gasteiger partial charge in [0, 0.05) is 17.4 Å². The van der Waals surface area contributed by atoms with Crippen LogP contribution in [0.3, 0.4) is 0 Å². The van der Waals surface area contributed by atoms with Gasteiger partial charge < -0.3 is 5.11 Å². The van der Waals surface area contributed by atoms with Crippen LogP contribution in [0.2, 0.25) is 0 Å². The first-order chi connectivity index (χ1) is 13.5. The molecule has 0 saturated carbocycles. The summed E-state index contributed by atoms with van der Waals surface area (Å²) in [5.74, 6) is 0.441. The van der Waals surface area contributed by atoms with E-state index in [-0.39, 0.29) is 22.4 Å². The number of phenolic OH excluding ortho intramolecular Hbond substituents is 1. The molecule has 2 aromatic carbocycles. The zero-order chi connectivity index (χ0) is 21.4. The average molecular weight is 394 g/mol. The molecule has 0 unspecified atom stereocenters. The summed E-state index contributed by atoms with van der Waals surface area (Å²) in [6.45, 7) is 12.2. The van der Waals surface area contributed by atoms with E-state index < -0.39 is 0 Å². The van der Waals surface area contributed by atoms with Gasteiger partial charge in [0.05, 0.1) is 0 Å². The maximum absolute atomic E-state index is 12.6. The normalized spacial score (nSPS) is 12.5. The van der Waals surface area contributed by atoms with Gasteiger partial charge in [0.15, 0.2) is 0 Å². The van der Waals surface area contributed by atoms with Crippen molar-refractivity contribution < 1.29 is 9.90 Å². The van der Waals surface area contributed by atoms with Crippen molar-refractivity contribution in [1.29, 1.82) is 0 Å². The molecule has 29 heavy (non-hydrogen) atoms. The van der Waals surface area contributed by atoms with Gasteiger partial charge in [-0.2, -0.15) is 0 Å². The van der Waals surface area contributed by atoms with E-state index in [0.29, 0.717) is 18.5 Å². The number of benzene rings is 2. The third-order valence-electron chi connectivity index (χ3n) is 5.74. The van der Waals surface area contributed by atoms with Crippen molar-refractivity contribution in [3.8, 4) is 11.4 Å². The number of rotatable bonds is 6. The smallest absolute Gasteiger partial charge is 0.146 e. The van der Waals surface area contributed by atoms with Gasteiger partial charge in [0.25, 0.3) is 0 Å². The van der Waals surface area contributed by atoms with Crippen LogP contribution in [-0.4, -0.2) is 25.9 Å². The zero-order valence-electron chi connectivity index (χ0n) is 18.3. The number of carbonyl (C=O) groups is 1. The molecule has 0 fully saturated rings. The van der Waals surface area contributed by atoms with Crippen molar-refractivity contribution in [3.05, 3.63) is 47.5 Å². The Balaban J connectivity index is 2.04. The summed E-state index contributed by atoms with van der Waals surface area (Å²) in [6, 6.07) is 11.5. The number of aromatic hydroxyl groups is 1. The second-order valence-corrected chi connectivity index (χ2v) is 9.40. The predicted octanol–water partition coefficient (Wildman–Crippen LogP) is 5.36. The molecule has 0 aliphatic rings. The number of phenols is 1. The van der Waals surface area contributed by atoms with Crippen molar-refractivity contribution in [2.24, 2.45) is 5.41 Å². The lowest BCUT2D eigenvalue weighted by Gasteiger charge is -2.24. The summed E-state index contributed by atoms with van der Waals surface area (Å²) in [5, 5.41) is 20.1. The van der Waals surface area contributed by atoms with Crippen LogP contribution in [0.15, 0.2) is 36.4 Å². The Kier molecular flexibility index (Phi) is 5.52. The van der Waals surface area contributed by atoms with Crippen molar-refractivity contribution in [1.82, 2.24) is 15.0 Å². The van der Waals surface area contributed by atoms with Crippen molar-refractivity contribution in [3.63, 3.8) is 0 Å². The highest BCUT2D eigenvalue weighted by atomic mass is 16.3. The maximum Gasteiger partial charge on any atom is 0.146 e. The van der Waals surface area contributed by atoms with Crippen molar-refractivity contribution in [2.45, 2.75) is 66.2 Å². The molecule has 0 bridgehead atoms. The van der Waals surface area contributed by atoms with Gasteiger partial charge in [-0.05, 0) is 42.0 Å². The van der Waals surface area contributed by atoms with Gasteiger partial charge in [-0.1, -0.05) is 59.7 Å². The van der Waals surface area contributed by atoms with Gasteiger partial charge in [-0.25, -0.2) is 0 Å². The molecule has 1 N–H and O–H groups in total. The van der Waals surface area contributed by atoms with E-state index in [1.807, 2.05) is 57.2 Å². The summed E-state index contributed by atoms with van der Waals surface area (Å²) >= 11 is 0. The molecule has 5 nitrogen and oxygen atoms in total. The third kappa shape index (κ3) is 4.34. The van der Waals surface area contributed by atoms with Crippen LogP contribution in [0.25, 0.3) is 16.7 Å². The number of hydrogen-bond acceptors (Lipinski definition) is 4. The van der Waals surface area contributed by atoms with Gasteiger partial charge in [-0.3, -0.25) is 4.79 Å². The lowest BCUT2D eigenvalue weighted by atomic mass is 9.81. The molecule has 0 aliphatic carbocycles. The first-order valence-electron chi connectivity index (χ1n) is 10.2. The van der Waals surface area contributed by atoms with Crippen molar-refractivity contribution in [2.75, 3.05) is 0 Å². The van der Waals surface area contributed by atoms with Crippen LogP contribution in [0, 0.1) is 5.41 Å². The Labute approximate surface area is 172 Å². The quantitative estimate of drug-likeness (QED) is 0.612. The van der Waals surface area contributed by atoms with Crippen LogP contribution >= 0.6 is 0 Å². The van der Waals surface area contributed by atoms with Gasteiger partial charge in [0.2, 0.25) is 0 Å². The SMILES string of the molecule is CCC(C)(C)C(=O)CCc1cc(-n2nc3ccccc3n2)c(O)c(C(C)(C)C)c1. The lowest BCUT2D eigenvalue weighted by Crippen LogP contribution is -2.23. The first-order valence-corrected chi connectivity index (χ1v) is 10.2. The fourth-order valence-corrected chi connectivity index (χ4v) is 3.31. The number of aromatic nitrogens is 3.